The van der Waals surface area contributed by atoms with Crippen LogP contribution in [-0.2, 0) is 0 Å². The van der Waals surface area contributed by atoms with E-state index in [0.717, 1.165) is 32.2 Å². The molecule has 1 unspecified atom stereocenters. The van der Waals surface area contributed by atoms with Gasteiger partial charge in [0.25, 0.3) is 0 Å². The van der Waals surface area contributed by atoms with E-state index in [2.05, 4.69) is 19.9 Å². The predicted octanol–water partition coefficient (Wildman–Crippen LogP) is 4.81. The van der Waals surface area contributed by atoms with Gasteiger partial charge < -0.3 is 10.2 Å². The first-order valence-electron chi connectivity index (χ1n) is 6.05. The monoisotopic (exact) mass is 291 g/mol. The van der Waals surface area contributed by atoms with Gasteiger partial charge in [-0.25, -0.2) is 0 Å². The smallest absolute Gasteiger partial charge is 0.134 e. The molecular formula is C15H14ClNOS. The predicted molar refractivity (Wildman–Crippen MR) is 81.0 cm³/mol. The topological polar surface area (TPSA) is 39.2 Å². The van der Waals surface area contributed by atoms with Gasteiger partial charge in [0.15, 0.2) is 0 Å². The van der Waals surface area contributed by atoms with Gasteiger partial charge in [0, 0.05) is 10.9 Å². The maximum absolute atomic E-state index is 6.29. The third-order valence-electron chi connectivity index (χ3n) is 3.36. The van der Waals surface area contributed by atoms with E-state index in [4.69, 9.17) is 21.8 Å². The molecule has 0 fully saturated rings. The van der Waals surface area contributed by atoms with Gasteiger partial charge in [-0.05, 0) is 43.0 Å². The van der Waals surface area contributed by atoms with Crippen molar-refractivity contribution in [1.82, 2.24) is 0 Å². The molecule has 3 aromatic rings. The van der Waals surface area contributed by atoms with E-state index in [9.17, 15) is 0 Å². The van der Waals surface area contributed by atoms with E-state index in [0.29, 0.717) is 0 Å². The number of hydrogen-bond acceptors (Lipinski definition) is 3. The number of halogens is 1. The highest BCUT2D eigenvalue weighted by Crippen LogP contribution is 2.34. The van der Waals surface area contributed by atoms with E-state index in [1.165, 1.54) is 16.9 Å². The molecule has 2 heterocycles. The lowest BCUT2D eigenvalue weighted by Gasteiger charge is -2.07. The summed E-state index contributed by atoms with van der Waals surface area (Å²) in [5, 5.41) is 3.11. The molecule has 2 N–H and O–H groups in total. The summed E-state index contributed by atoms with van der Waals surface area (Å²) in [6.45, 7) is 4.12. The summed E-state index contributed by atoms with van der Waals surface area (Å²) >= 11 is 7.45. The Morgan fingerprint density at radius 3 is 2.74 bits per heavy atom. The highest BCUT2D eigenvalue weighted by Gasteiger charge is 2.19. The molecule has 3 rings (SSSR count). The van der Waals surface area contributed by atoms with Crippen LogP contribution in [0.1, 0.15) is 28.5 Å². The summed E-state index contributed by atoms with van der Waals surface area (Å²) < 4.78 is 6.66. The van der Waals surface area contributed by atoms with Crippen LogP contribution in [0.4, 0.5) is 0 Å². The van der Waals surface area contributed by atoms with Crippen LogP contribution in [0.3, 0.4) is 0 Å². The Morgan fingerprint density at radius 1 is 1.26 bits per heavy atom. The zero-order valence-electron chi connectivity index (χ0n) is 10.7. The van der Waals surface area contributed by atoms with Gasteiger partial charge in [0.05, 0.1) is 10.4 Å². The zero-order valence-corrected chi connectivity index (χ0v) is 12.3. The SMILES string of the molecule is Cc1ccc2oc(C(N)c3csc(Cl)c3)c(C)c2c1. The average molecular weight is 292 g/mol. The van der Waals surface area contributed by atoms with Crippen LogP contribution in [0.25, 0.3) is 11.0 Å². The van der Waals surface area contributed by atoms with E-state index in [1.807, 2.05) is 23.6 Å². The lowest BCUT2D eigenvalue weighted by Crippen LogP contribution is -2.10. The normalized spacial score (nSPS) is 13.1. The lowest BCUT2D eigenvalue weighted by molar-refractivity contribution is 0.521. The minimum Gasteiger partial charge on any atom is -0.459 e. The van der Waals surface area contributed by atoms with Crippen LogP contribution in [0.2, 0.25) is 4.34 Å². The molecule has 4 heteroatoms. The molecule has 0 saturated heterocycles. The highest BCUT2D eigenvalue weighted by molar-refractivity contribution is 7.14. The molecule has 0 radical (unpaired) electrons. The number of aryl methyl sites for hydroxylation is 2. The Bertz CT molecular complexity index is 744. The molecule has 2 nitrogen and oxygen atoms in total. The molecule has 0 aliphatic carbocycles. The van der Waals surface area contributed by atoms with E-state index in [-0.39, 0.29) is 6.04 Å². The molecule has 0 saturated carbocycles. The van der Waals surface area contributed by atoms with Crippen molar-refractivity contribution in [3.05, 3.63) is 56.4 Å². The molecule has 98 valence electrons. The number of hydrogen-bond donors (Lipinski definition) is 1. The van der Waals surface area contributed by atoms with Crippen LogP contribution < -0.4 is 5.73 Å². The molecule has 0 aliphatic rings. The number of nitrogens with two attached hydrogens (primary N) is 1. The second-order valence-corrected chi connectivity index (χ2v) is 6.30. The Hall–Kier alpha value is -1.29. The van der Waals surface area contributed by atoms with E-state index >= 15 is 0 Å². The largest absolute Gasteiger partial charge is 0.459 e. The molecular weight excluding hydrogens is 278 g/mol. The first kappa shape index (κ1) is 12.7. The minimum absolute atomic E-state index is 0.267. The van der Waals surface area contributed by atoms with E-state index in [1.54, 1.807) is 0 Å². The third-order valence-corrected chi connectivity index (χ3v) is 4.47. The van der Waals surface area contributed by atoms with Crippen LogP contribution >= 0.6 is 22.9 Å². The zero-order chi connectivity index (χ0) is 13.6. The average Bonchev–Trinajstić information content (AvgIpc) is 2.94. The van der Waals surface area contributed by atoms with Crippen LogP contribution in [0.5, 0.6) is 0 Å². The summed E-state index contributed by atoms with van der Waals surface area (Å²) in [4.78, 5) is 0. The fraction of sp³-hybridized carbons (Fsp3) is 0.200. The second-order valence-electron chi connectivity index (χ2n) is 4.75. The van der Waals surface area contributed by atoms with Crippen molar-refractivity contribution in [1.29, 1.82) is 0 Å². The number of furan rings is 1. The van der Waals surface area contributed by atoms with Crippen LogP contribution in [0.15, 0.2) is 34.1 Å². The Kier molecular flexibility index (Phi) is 3.13. The first-order valence-corrected chi connectivity index (χ1v) is 7.31. The van der Waals surface area contributed by atoms with Crippen molar-refractivity contribution in [3.8, 4) is 0 Å². The quantitative estimate of drug-likeness (QED) is 0.736. The summed E-state index contributed by atoms with van der Waals surface area (Å²) in [6, 6.07) is 7.80. The molecule has 0 aliphatic heterocycles. The molecule has 2 aromatic heterocycles. The second kappa shape index (κ2) is 4.67. The van der Waals surface area contributed by atoms with Crippen molar-refractivity contribution >= 4 is 33.9 Å². The molecule has 0 bridgehead atoms. The molecule has 0 amide bonds. The summed E-state index contributed by atoms with van der Waals surface area (Å²) in [5.74, 6) is 0.815. The maximum atomic E-state index is 6.29. The van der Waals surface area contributed by atoms with Crippen molar-refractivity contribution in [3.63, 3.8) is 0 Å². The maximum Gasteiger partial charge on any atom is 0.134 e. The van der Waals surface area contributed by atoms with Gasteiger partial charge in [-0.2, -0.15) is 0 Å². The van der Waals surface area contributed by atoms with Gasteiger partial charge >= 0.3 is 0 Å². The van der Waals surface area contributed by atoms with Gasteiger partial charge in [0.1, 0.15) is 11.3 Å². The first-order chi connectivity index (χ1) is 9.06. The van der Waals surface area contributed by atoms with Crippen molar-refractivity contribution in [2.75, 3.05) is 0 Å². The minimum atomic E-state index is -0.267. The third kappa shape index (κ3) is 2.18. The van der Waals surface area contributed by atoms with E-state index < -0.39 is 0 Å². The number of rotatable bonds is 2. The molecule has 1 aromatic carbocycles. The summed E-state index contributed by atoms with van der Waals surface area (Å²) in [7, 11) is 0. The number of fused-ring (bicyclic) bond motifs is 1. The fourth-order valence-electron chi connectivity index (χ4n) is 2.29. The molecule has 1 atom stereocenters. The number of benzene rings is 1. The molecule has 19 heavy (non-hydrogen) atoms. The van der Waals surface area contributed by atoms with Gasteiger partial charge in [-0.1, -0.05) is 23.2 Å². The Balaban J connectivity index is 2.12. The van der Waals surface area contributed by atoms with Crippen molar-refractivity contribution in [2.45, 2.75) is 19.9 Å². The summed E-state index contributed by atoms with van der Waals surface area (Å²) in [5.41, 5.74) is 10.5. The highest BCUT2D eigenvalue weighted by atomic mass is 35.5. The standard InChI is InChI=1S/C15H14ClNOS/c1-8-3-4-12-11(5-8)9(2)15(18-12)14(17)10-6-13(16)19-7-10/h3-7,14H,17H2,1-2H3. The molecule has 0 spiro atoms. The number of thiophene rings is 1. The Morgan fingerprint density at radius 2 is 2.05 bits per heavy atom. The van der Waals surface area contributed by atoms with Crippen LogP contribution in [-0.4, -0.2) is 0 Å². The van der Waals surface area contributed by atoms with Gasteiger partial charge in [-0.15, -0.1) is 11.3 Å². The van der Waals surface area contributed by atoms with Gasteiger partial charge in [0.2, 0.25) is 0 Å². The summed E-state index contributed by atoms with van der Waals surface area (Å²) in [6.07, 6.45) is 0. The van der Waals surface area contributed by atoms with Gasteiger partial charge in [-0.3, -0.25) is 0 Å². The van der Waals surface area contributed by atoms with Crippen molar-refractivity contribution in [2.24, 2.45) is 5.73 Å². The lowest BCUT2D eigenvalue weighted by atomic mass is 10.0. The fourth-order valence-corrected chi connectivity index (χ4v) is 3.22. The Labute approximate surface area is 120 Å². The van der Waals surface area contributed by atoms with Crippen molar-refractivity contribution < 1.29 is 4.42 Å². The van der Waals surface area contributed by atoms with Crippen LogP contribution in [0, 0.1) is 13.8 Å².